The van der Waals surface area contributed by atoms with Crippen LogP contribution in [0.15, 0.2) is 58.5 Å². The van der Waals surface area contributed by atoms with E-state index in [4.69, 9.17) is 4.74 Å². The summed E-state index contributed by atoms with van der Waals surface area (Å²) in [5.74, 6) is -0.502. The van der Waals surface area contributed by atoms with E-state index in [1.807, 2.05) is 24.3 Å². The molecule has 4 N–H and O–H groups in total. The van der Waals surface area contributed by atoms with E-state index in [0.717, 1.165) is 16.2 Å². The van der Waals surface area contributed by atoms with Crippen molar-refractivity contribution in [3.05, 3.63) is 60.0 Å². The first-order valence-electron chi connectivity index (χ1n) is 9.81. The summed E-state index contributed by atoms with van der Waals surface area (Å²) in [6, 6.07) is 12.8. The van der Waals surface area contributed by atoms with Gasteiger partial charge in [-0.25, -0.2) is 4.39 Å². The molecule has 3 aromatic rings. The SMILES string of the molecule is CCc1ccc(Sc2cn([C@@H]3O[C@H](CO)[C@@H](O)[C@H](O)[C@H]3O)c3c(F)cccc23)cc1. The maximum atomic E-state index is 14.8. The minimum atomic E-state index is -1.54. The predicted molar refractivity (Wildman–Crippen MR) is 111 cm³/mol. The van der Waals surface area contributed by atoms with Gasteiger partial charge in [0.25, 0.3) is 0 Å². The lowest BCUT2D eigenvalue weighted by molar-refractivity contribution is -0.250. The van der Waals surface area contributed by atoms with Crippen molar-refractivity contribution in [1.29, 1.82) is 0 Å². The van der Waals surface area contributed by atoms with E-state index in [-0.39, 0.29) is 5.52 Å². The second-order valence-electron chi connectivity index (χ2n) is 7.36. The maximum Gasteiger partial charge on any atom is 0.163 e. The van der Waals surface area contributed by atoms with Crippen molar-refractivity contribution in [3.63, 3.8) is 0 Å². The zero-order valence-corrected chi connectivity index (χ0v) is 17.2. The van der Waals surface area contributed by atoms with Gasteiger partial charge in [-0.15, -0.1) is 0 Å². The number of hydrogen-bond donors (Lipinski definition) is 4. The molecule has 5 atom stereocenters. The highest BCUT2D eigenvalue weighted by atomic mass is 32.2. The minimum absolute atomic E-state index is 0.217. The second-order valence-corrected chi connectivity index (χ2v) is 8.47. The predicted octanol–water partition coefficient (Wildman–Crippen LogP) is 2.47. The normalized spacial score (nSPS) is 26.9. The van der Waals surface area contributed by atoms with Crippen LogP contribution in [-0.4, -0.2) is 56.0 Å². The molecule has 0 unspecified atom stereocenters. The summed E-state index contributed by atoms with van der Waals surface area (Å²) in [4.78, 5) is 1.73. The molecule has 0 aliphatic carbocycles. The Bertz CT molecular complexity index is 1020. The van der Waals surface area contributed by atoms with Crippen LogP contribution in [0.3, 0.4) is 0 Å². The largest absolute Gasteiger partial charge is 0.394 e. The number of nitrogens with zero attached hydrogens (tertiary/aromatic N) is 1. The number of benzene rings is 2. The number of halogens is 1. The van der Waals surface area contributed by atoms with Crippen LogP contribution in [0, 0.1) is 5.82 Å². The van der Waals surface area contributed by atoms with E-state index in [2.05, 4.69) is 6.92 Å². The van der Waals surface area contributed by atoms with Crippen molar-refractivity contribution in [2.75, 3.05) is 6.61 Å². The Kier molecular flexibility index (Phi) is 6.15. The number of aliphatic hydroxyl groups excluding tert-OH is 4. The molecule has 30 heavy (non-hydrogen) atoms. The zero-order valence-electron chi connectivity index (χ0n) is 16.4. The Labute approximate surface area is 177 Å². The lowest BCUT2D eigenvalue weighted by atomic mass is 9.98. The highest BCUT2D eigenvalue weighted by molar-refractivity contribution is 7.99. The first-order valence-corrected chi connectivity index (χ1v) is 10.6. The van der Waals surface area contributed by atoms with Gasteiger partial charge in [-0.2, -0.15) is 0 Å². The van der Waals surface area contributed by atoms with Crippen molar-refractivity contribution in [2.24, 2.45) is 0 Å². The van der Waals surface area contributed by atoms with Gasteiger partial charge in [0.1, 0.15) is 30.2 Å². The number of rotatable bonds is 5. The van der Waals surface area contributed by atoms with E-state index in [9.17, 15) is 24.8 Å². The molecule has 1 aliphatic heterocycles. The highest BCUT2D eigenvalue weighted by Crippen LogP contribution is 2.40. The zero-order chi connectivity index (χ0) is 21.4. The van der Waals surface area contributed by atoms with Gasteiger partial charge < -0.3 is 29.7 Å². The van der Waals surface area contributed by atoms with E-state index in [1.165, 1.54) is 28.0 Å². The van der Waals surface area contributed by atoms with Crippen molar-refractivity contribution in [3.8, 4) is 0 Å². The Hall–Kier alpha value is -1.94. The van der Waals surface area contributed by atoms with Crippen molar-refractivity contribution < 1.29 is 29.6 Å². The fourth-order valence-electron chi connectivity index (χ4n) is 3.75. The number of aliphatic hydroxyl groups is 4. The molecule has 1 saturated heterocycles. The molecule has 0 amide bonds. The average molecular weight is 434 g/mol. The monoisotopic (exact) mass is 433 g/mol. The summed E-state index contributed by atoms with van der Waals surface area (Å²) in [7, 11) is 0. The third-order valence-electron chi connectivity index (χ3n) is 5.47. The van der Waals surface area contributed by atoms with E-state index in [0.29, 0.717) is 5.39 Å². The van der Waals surface area contributed by atoms with Crippen molar-refractivity contribution in [2.45, 2.75) is 53.8 Å². The molecule has 0 spiro atoms. The van der Waals surface area contributed by atoms with Crippen LogP contribution in [0.1, 0.15) is 18.7 Å². The molecule has 1 aromatic heterocycles. The number of ether oxygens (including phenoxy) is 1. The maximum absolute atomic E-state index is 14.8. The first kappa shape index (κ1) is 21.3. The third-order valence-corrected chi connectivity index (χ3v) is 6.52. The fourth-order valence-corrected chi connectivity index (χ4v) is 4.72. The Morgan fingerprint density at radius 3 is 2.43 bits per heavy atom. The van der Waals surface area contributed by atoms with Gasteiger partial charge in [-0.1, -0.05) is 43.0 Å². The summed E-state index contributed by atoms with van der Waals surface area (Å²) in [6.07, 6.45) is -4.15. The van der Waals surface area contributed by atoms with Gasteiger partial charge in [-0.3, -0.25) is 0 Å². The third kappa shape index (κ3) is 3.75. The molecular formula is C22H24FNO5S. The molecule has 8 heteroatoms. The Morgan fingerprint density at radius 1 is 1.03 bits per heavy atom. The quantitative estimate of drug-likeness (QED) is 0.494. The molecule has 4 rings (SSSR count). The molecule has 1 fully saturated rings. The molecular weight excluding hydrogens is 409 g/mol. The van der Waals surface area contributed by atoms with Crippen LogP contribution < -0.4 is 0 Å². The second kappa shape index (κ2) is 8.66. The molecule has 0 saturated carbocycles. The number of aromatic nitrogens is 1. The summed E-state index contributed by atoms with van der Waals surface area (Å²) in [6.45, 7) is 1.54. The molecule has 0 bridgehead atoms. The average Bonchev–Trinajstić information content (AvgIpc) is 3.12. The number of hydrogen-bond acceptors (Lipinski definition) is 6. The van der Waals surface area contributed by atoms with Crippen LogP contribution >= 0.6 is 11.8 Å². The van der Waals surface area contributed by atoms with Crippen LogP contribution in [0.5, 0.6) is 0 Å². The van der Waals surface area contributed by atoms with Crippen LogP contribution in [0.4, 0.5) is 4.39 Å². The van der Waals surface area contributed by atoms with Crippen molar-refractivity contribution in [1.82, 2.24) is 4.57 Å². The van der Waals surface area contributed by atoms with Gasteiger partial charge in [0.2, 0.25) is 0 Å². The van der Waals surface area contributed by atoms with E-state index in [1.54, 1.807) is 18.3 Å². The standard InChI is InChI=1S/C22H24FNO5S/c1-2-12-6-8-13(9-7-12)30-17-10-24(18-14(17)4-3-5-15(18)23)22-21(28)20(27)19(26)16(11-25)29-22/h3-10,16,19-22,25-28H,2,11H2,1H3/t16-,19-,20+,21-,22-/m1/s1. The smallest absolute Gasteiger partial charge is 0.163 e. The molecule has 2 aromatic carbocycles. The summed E-state index contributed by atoms with van der Waals surface area (Å²) < 4.78 is 21.9. The molecule has 2 heterocycles. The van der Waals surface area contributed by atoms with Gasteiger partial charge in [0.15, 0.2) is 6.23 Å². The highest BCUT2D eigenvalue weighted by Gasteiger charge is 2.44. The van der Waals surface area contributed by atoms with Crippen molar-refractivity contribution >= 4 is 22.7 Å². The van der Waals surface area contributed by atoms with Gasteiger partial charge in [0.05, 0.1) is 12.1 Å². The number of fused-ring (bicyclic) bond motifs is 1. The van der Waals surface area contributed by atoms with E-state index >= 15 is 0 Å². The van der Waals surface area contributed by atoms with Crippen LogP contribution in [-0.2, 0) is 11.2 Å². The van der Waals surface area contributed by atoms with Crippen LogP contribution in [0.2, 0.25) is 0 Å². The van der Waals surface area contributed by atoms with Crippen LogP contribution in [0.25, 0.3) is 10.9 Å². The molecule has 0 radical (unpaired) electrons. The molecule has 160 valence electrons. The Morgan fingerprint density at radius 2 is 1.77 bits per heavy atom. The van der Waals surface area contributed by atoms with E-state index < -0.39 is 43.1 Å². The lowest BCUT2D eigenvalue weighted by Crippen LogP contribution is -2.56. The molecule has 1 aliphatic rings. The topological polar surface area (TPSA) is 95.1 Å². The summed E-state index contributed by atoms with van der Waals surface area (Å²) in [5, 5.41) is 40.8. The minimum Gasteiger partial charge on any atom is -0.394 e. The molecule has 6 nitrogen and oxygen atoms in total. The fraction of sp³-hybridized carbons (Fsp3) is 0.364. The van der Waals surface area contributed by atoms with Gasteiger partial charge in [-0.05, 0) is 30.2 Å². The van der Waals surface area contributed by atoms with Gasteiger partial charge in [0, 0.05) is 21.4 Å². The number of aryl methyl sites for hydroxylation is 1. The summed E-state index contributed by atoms with van der Waals surface area (Å²) in [5.41, 5.74) is 1.43. The number of para-hydroxylation sites is 1. The summed E-state index contributed by atoms with van der Waals surface area (Å²) >= 11 is 1.45. The Balaban J connectivity index is 1.76. The lowest BCUT2D eigenvalue weighted by Gasteiger charge is -2.40. The van der Waals surface area contributed by atoms with Gasteiger partial charge >= 0.3 is 0 Å². The first-order chi connectivity index (χ1) is 14.4.